The maximum Gasteiger partial charge on any atom is 0.319 e. The summed E-state index contributed by atoms with van der Waals surface area (Å²) in [6.07, 6.45) is 0.867. The molecule has 0 aromatic carbocycles. The van der Waals surface area contributed by atoms with E-state index < -0.39 is 47.2 Å². The number of cyclic esters (lactones) is 1. The highest BCUT2D eigenvalue weighted by Crippen LogP contribution is 2.38. The lowest BCUT2D eigenvalue weighted by Gasteiger charge is -2.47. The standard InChI is InChI=1S/C37H66N4O9/c1-12-28-32(45)36(4,5)35(46)48-17-13-14-26(40(10)30(43)23-41-21-27(42)22-41)15-16-39(9)20-24(2)19-37(6,47-11)33(28)50-34-31(44)29(38(7)8)18-25(3)49-34/h12,24-29,31,33-34,42,44H,1,13-23H2,2-11H3/t24-,25-,26?,28+,29+,31-,33-,34+,37-/m1/s1. The van der Waals surface area contributed by atoms with Crippen LogP contribution in [0, 0.1) is 17.3 Å². The third-order valence-corrected chi connectivity index (χ3v) is 11.0. The molecule has 3 heterocycles. The predicted molar refractivity (Wildman–Crippen MR) is 190 cm³/mol. The molecule has 50 heavy (non-hydrogen) atoms. The number of esters is 1. The first-order chi connectivity index (χ1) is 23.3. The Morgan fingerprint density at radius 3 is 2.34 bits per heavy atom. The minimum atomic E-state index is -1.55. The second-order valence-corrected chi connectivity index (χ2v) is 16.0. The molecule has 3 rings (SSSR count). The van der Waals surface area contributed by atoms with Crippen molar-refractivity contribution < 1.29 is 43.5 Å². The van der Waals surface area contributed by atoms with Gasteiger partial charge in [0.1, 0.15) is 17.6 Å². The molecule has 1 unspecified atom stereocenters. The van der Waals surface area contributed by atoms with E-state index in [-0.39, 0.29) is 49.3 Å². The van der Waals surface area contributed by atoms with E-state index in [0.29, 0.717) is 45.3 Å². The fraction of sp³-hybridized carbons (Fsp3) is 0.865. The molecular weight excluding hydrogens is 644 g/mol. The Labute approximate surface area is 300 Å². The van der Waals surface area contributed by atoms with Crippen LogP contribution in [-0.2, 0) is 33.3 Å². The zero-order chi connectivity index (χ0) is 37.6. The molecule has 0 bridgehead atoms. The zero-order valence-electron chi connectivity index (χ0n) is 32.3. The number of likely N-dealkylation sites (tertiary alicyclic amines) is 1. The van der Waals surface area contributed by atoms with Gasteiger partial charge in [-0.1, -0.05) is 13.0 Å². The number of nitrogens with zero attached hydrogens (tertiary/aromatic N) is 4. The van der Waals surface area contributed by atoms with E-state index in [1.165, 1.54) is 6.08 Å². The van der Waals surface area contributed by atoms with Crippen molar-refractivity contribution in [2.75, 3.05) is 74.6 Å². The van der Waals surface area contributed by atoms with Crippen molar-refractivity contribution in [3.8, 4) is 0 Å². The number of ketones is 1. The highest BCUT2D eigenvalue weighted by atomic mass is 16.7. The van der Waals surface area contributed by atoms with Gasteiger partial charge in [-0.25, -0.2) is 0 Å². The van der Waals surface area contributed by atoms with Crippen molar-refractivity contribution in [3.63, 3.8) is 0 Å². The predicted octanol–water partition coefficient (Wildman–Crippen LogP) is 1.79. The topological polar surface area (TPSA) is 142 Å². The third-order valence-electron chi connectivity index (χ3n) is 11.0. The summed E-state index contributed by atoms with van der Waals surface area (Å²) in [6.45, 7) is 15.9. The van der Waals surface area contributed by atoms with Gasteiger partial charge in [-0.3, -0.25) is 19.3 Å². The lowest BCUT2D eigenvalue weighted by molar-refractivity contribution is -0.294. The van der Waals surface area contributed by atoms with Crippen molar-refractivity contribution >= 4 is 17.7 Å². The van der Waals surface area contributed by atoms with Gasteiger partial charge in [0.05, 0.1) is 36.9 Å². The van der Waals surface area contributed by atoms with Crippen LogP contribution in [0.25, 0.3) is 0 Å². The van der Waals surface area contributed by atoms with Gasteiger partial charge in [0, 0.05) is 45.9 Å². The molecule has 9 atom stereocenters. The highest BCUT2D eigenvalue weighted by Gasteiger charge is 2.52. The number of carbonyl (C=O) groups excluding carboxylic acids is 3. The summed E-state index contributed by atoms with van der Waals surface area (Å²) in [5.74, 6) is -2.01. The van der Waals surface area contributed by atoms with E-state index in [2.05, 4.69) is 25.5 Å². The van der Waals surface area contributed by atoms with Crippen LogP contribution in [0.4, 0.5) is 0 Å². The van der Waals surface area contributed by atoms with Gasteiger partial charge < -0.3 is 43.9 Å². The van der Waals surface area contributed by atoms with E-state index in [4.69, 9.17) is 18.9 Å². The largest absolute Gasteiger partial charge is 0.465 e. The first-order valence-corrected chi connectivity index (χ1v) is 18.2. The van der Waals surface area contributed by atoms with E-state index in [1.54, 1.807) is 25.9 Å². The summed E-state index contributed by atoms with van der Waals surface area (Å²) in [5, 5.41) is 21.1. The van der Waals surface area contributed by atoms with Gasteiger partial charge in [-0.05, 0) is 93.4 Å². The summed E-state index contributed by atoms with van der Waals surface area (Å²) in [7, 11) is 9.25. The summed E-state index contributed by atoms with van der Waals surface area (Å²) in [6, 6.07) is -0.315. The van der Waals surface area contributed by atoms with E-state index in [1.807, 2.05) is 44.8 Å². The molecule has 0 radical (unpaired) electrons. The van der Waals surface area contributed by atoms with Gasteiger partial charge >= 0.3 is 5.97 Å². The fourth-order valence-electron chi connectivity index (χ4n) is 7.73. The number of β-amino-alcohol motifs (C(OH)–C–C–N with tert-alkyl or cyclic N) is 1. The van der Waals surface area contributed by atoms with E-state index >= 15 is 0 Å². The molecule has 3 saturated heterocycles. The second-order valence-electron chi connectivity index (χ2n) is 16.0. The normalized spacial score (nSPS) is 36.3. The lowest BCUT2D eigenvalue weighted by atomic mass is 9.73. The number of Topliss-reactive ketones (excluding diaryl/α,β-unsaturated/α-hetero) is 1. The first kappa shape index (κ1) is 42.4. The van der Waals surface area contributed by atoms with Crippen molar-refractivity contribution in [2.24, 2.45) is 17.3 Å². The number of carbonyl (C=O) groups is 3. The van der Waals surface area contributed by atoms with Crippen LogP contribution >= 0.6 is 0 Å². The number of rotatable bonds is 8. The Kier molecular flexibility index (Phi) is 15.4. The molecule has 0 spiro atoms. The van der Waals surface area contributed by atoms with Gasteiger partial charge in [-0.15, -0.1) is 6.58 Å². The molecule has 288 valence electrons. The SMILES string of the molecule is C=C[C@H]1C(=O)C(C)(C)C(=O)OCCCC(N(C)C(=O)CN2CC(O)C2)CCN(C)C[C@H](C)C[C@@](C)(OC)[C@@H]1O[C@@H]1O[C@H](C)C[C@H](N(C)C)[C@H]1O. The number of aliphatic hydroxyl groups excluding tert-OH is 2. The number of methoxy groups -OCH3 is 1. The van der Waals surface area contributed by atoms with Crippen LogP contribution in [0.1, 0.15) is 66.7 Å². The number of likely N-dealkylation sites (N-methyl/N-ethyl adjacent to an activating group) is 2. The quantitative estimate of drug-likeness (QED) is 0.216. The van der Waals surface area contributed by atoms with Crippen LogP contribution in [0.5, 0.6) is 0 Å². The molecule has 3 fully saturated rings. The maximum absolute atomic E-state index is 14.4. The molecule has 0 aromatic heterocycles. The Morgan fingerprint density at radius 1 is 1.10 bits per heavy atom. The summed E-state index contributed by atoms with van der Waals surface area (Å²) < 4.78 is 24.8. The van der Waals surface area contributed by atoms with E-state index in [0.717, 1.165) is 13.0 Å². The Hall–Kier alpha value is -1.97. The zero-order valence-corrected chi connectivity index (χ0v) is 32.3. The summed E-state index contributed by atoms with van der Waals surface area (Å²) >= 11 is 0. The van der Waals surface area contributed by atoms with Crippen LogP contribution in [0.15, 0.2) is 12.7 Å². The molecule has 0 aromatic rings. The van der Waals surface area contributed by atoms with Crippen molar-refractivity contribution in [1.82, 2.24) is 19.6 Å². The Balaban J connectivity index is 1.93. The average molecular weight is 711 g/mol. The summed E-state index contributed by atoms with van der Waals surface area (Å²) in [4.78, 5) is 49.1. The van der Waals surface area contributed by atoms with Gasteiger partial charge in [0.15, 0.2) is 12.1 Å². The van der Waals surface area contributed by atoms with E-state index in [9.17, 15) is 24.6 Å². The van der Waals surface area contributed by atoms with Crippen molar-refractivity contribution in [3.05, 3.63) is 12.7 Å². The monoisotopic (exact) mass is 710 g/mol. The molecule has 1 amide bonds. The smallest absolute Gasteiger partial charge is 0.319 e. The Bertz CT molecular complexity index is 1150. The van der Waals surface area contributed by atoms with Crippen molar-refractivity contribution in [1.29, 1.82) is 0 Å². The fourth-order valence-corrected chi connectivity index (χ4v) is 7.73. The van der Waals surface area contributed by atoms with Crippen LogP contribution in [-0.4, -0.2) is 170 Å². The molecule has 3 aliphatic rings. The van der Waals surface area contributed by atoms with Crippen LogP contribution in [0.2, 0.25) is 0 Å². The maximum atomic E-state index is 14.4. The third kappa shape index (κ3) is 10.6. The minimum absolute atomic E-state index is 0.0109. The molecule has 2 N–H and O–H groups in total. The number of ether oxygens (including phenoxy) is 4. The number of aliphatic hydroxyl groups is 2. The lowest BCUT2D eigenvalue weighted by Crippen LogP contribution is -2.59. The number of hydrogen-bond donors (Lipinski definition) is 2. The minimum Gasteiger partial charge on any atom is -0.465 e. The van der Waals surface area contributed by atoms with Crippen LogP contribution in [0.3, 0.4) is 0 Å². The second kappa shape index (κ2) is 18.2. The van der Waals surface area contributed by atoms with Crippen molar-refractivity contribution in [2.45, 2.75) is 115 Å². The average Bonchev–Trinajstić information content (AvgIpc) is 3.03. The number of hydrogen-bond acceptors (Lipinski definition) is 12. The first-order valence-electron chi connectivity index (χ1n) is 18.2. The molecule has 13 nitrogen and oxygen atoms in total. The molecule has 3 aliphatic heterocycles. The molecular formula is C37H66N4O9. The summed E-state index contributed by atoms with van der Waals surface area (Å²) in [5.41, 5.74) is -2.60. The molecule has 0 aliphatic carbocycles. The van der Waals surface area contributed by atoms with Gasteiger partial charge in [0.2, 0.25) is 5.91 Å². The number of amides is 1. The van der Waals surface area contributed by atoms with Crippen LogP contribution < -0.4 is 0 Å². The van der Waals surface area contributed by atoms with Gasteiger partial charge in [0.25, 0.3) is 0 Å². The molecule has 13 heteroatoms. The van der Waals surface area contributed by atoms with Gasteiger partial charge in [-0.2, -0.15) is 0 Å². The Morgan fingerprint density at radius 2 is 1.76 bits per heavy atom. The highest BCUT2D eigenvalue weighted by molar-refractivity contribution is 6.05. The molecule has 0 saturated carbocycles.